The van der Waals surface area contributed by atoms with Crippen LogP contribution in [0.3, 0.4) is 0 Å². The van der Waals surface area contributed by atoms with Crippen LogP contribution in [0.25, 0.3) is 11.3 Å². The Balaban J connectivity index is 1.57. The monoisotopic (exact) mass is 352 g/mol. The summed E-state index contributed by atoms with van der Waals surface area (Å²) in [6, 6.07) is 12.6. The highest BCUT2D eigenvalue weighted by molar-refractivity contribution is 5.96. The molecule has 26 heavy (non-hydrogen) atoms. The molecule has 1 aromatic carbocycles. The number of anilines is 1. The van der Waals surface area contributed by atoms with Gasteiger partial charge in [0.15, 0.2) is 0 Å². The molecule has 0 unspecified atom stereocenters. The van der Waals surface area contributed by atoms with Crippen molar-refractivity contribution in [1.82, 2.24) is 15.2 Å². The predicted molar refractivity (Wildman–Crippen MR) is 101 cm³/mol. The van der Waals surface area contributed by atoms with Crippen LogP contribution in [0.4, 0.5) is 5.69 Å². The molecule has 0 spiro atoms. The molecule has 0 aliphatic carbocycles. The van der Waals surface area contributed by atoms with Gasteiger partial charge in [0.1, 0.15) is 5.69 Å². The highest BCUT2D eigenvalue weighted by Gasteiger charge is 2.39. The molecule has 2 saturated heterocycles. The summed E-state index contributed by atoms with van der Waals surface area (Å²) in [6.07, 6.45) is 3.36. The van der Waals surface area contributed by atoms with Crippen LogP contribution < -0.4 is 16.0 Å². The van der Waals surface area contributed by atoms with Crippen LogP contribution in [0.1, 0.15) is 36.7 Å². The van der Waals surface area contributed by atoms with Gasteiger partial charge in [-0.1, -0.05) is 18.2 Å². The molecular formula is C20H24N4O2. The summed E-state index contributed by atoms with van der Waals surface area (Å²) >= 11 is 0. The first-order valence-electron chi connectivity index (χ1n) is 9.12. The minimum atomic E-state index is -0.117. The largest absolute Gasteiger partial charge is 0.346 e. The Morgan fingerprint density at radius 2 is 1.96 bits per heavy atom. The van der Waals surface area contributed by atoms with Gasteiger partial charge in [-0.3, -0.25) is 9.59 Å². The van der Waals surface area contributed by atoms with Crippen LogP contribution in [0.5, 0.6) is 0 Å². The van der Waals surface area contributed by atoms with E-state index in [0.717, 1.165) is 29.8 Å². The molecule has 2 bridgehead atoms. The lowest BCUT2D eigenvalue weighted by molar-refractivity contribution is -0.114. The molecule has 4 rings (SSSR count). The number of para-hydroxylation sites is 1. The number of hydrogen-bond acceptors (Lipinski definition) is 3. The number of carbonyl (C=O) groups excluding carboxylic acids is 2. The van der Waals surface area contributed by atoms with Crippen molar-refractivity contribution in [2.45, 2.75) is 44.3 Å². The van der Waals surface area contributed by atoms with Gasteiger partial charge in [0.05, 0.1) is 11.4 Å². The lowest BCUT2D eigenvalue weighted by Crippen LogP contribution is -2.43. The number of carbonyl (C=O) groups is 2. The van der Waals surface area contributed by atoms with E-state index in [-0.39, 0.29) is 17.9 Å². The SMILES string of the molecule is CC(=O)Nc1ccccc1-c1ccc(C(=O)N[C@@H]2C[C@H]3CC[C@@H]2N3)n1C. The fourth-order valence-electron chi connectivity index (χ4n) is 4.24. The van der Waals surface area contributed by atoms with Gasteiger partial charge in [-0.25, -0.2) is 0 Å². The number of aromatic nitrogens is 1. The summed E-state index contributed by atoms with van der Waals surface area (Å²) < 4.78 is 1.89. The maximum atomic E-state index is 12.8. The third kappa shape index (κ3) is 3.01. The van der Waals surface area contributed by atoms with Crippen molar-refractivity contribution in [2.75, 3.05) is 5.32 Å². The van der Waals surface area contributed by atoms with Gasteiger partial charge in [-0.2, -0.15) is 0 Å². The second-order valence-electron chi connectivity index (χ2n) is 7.25. The fraction of sp³-hybridized carbons (Fsp3) is 0.400. The Bertz CT molecular complexity index is 857. The molecule has 6 heteroatoms. The second kappa shape index (κ2) is 6.61. The number of benzene rings is 1. The van der Waals surface area contributed by atoms with Gasteiger partial charge in [-0.05, 0) is 37.5 Å². The first-order chi connectivity index (χ1) is 12.5. The maximum Gasteiger partial charge on any atom is 0.268 e. The van der Waals surface area contributed by atoms with Crippen molar-refractivity contribution < 1.29 is 9.59 Å². The molecule has 0 radical (unpaired) electrons. The summed E-state index contributed by atoms with van der Waals surface area (Å²) in [5, 5.41) is 9.58. The summed E-state index contributed by atoms with van der Waals surface area (Å²) in [4.78, 5) is 24.2. The molecule has 0 saturated carbocycles. The van der Waals surface area contributed by atoms with E-state index in [1.807, 2.05) is 48.0 Å². The van der Waals surface area contributed by atoms with Crippen LogP contribution in [0.2, 0.25) is 0 Å². The minimum Gasteiger partial charge on any atom is -0.346 e. The maximum absolute atomic E-state index is 12.8. The summed E-state index contributed by atoms with van der Waals surface area (Å²) in [6.45, 7) is 1.49. The van der Waals surface area contributed by atoms with E-state index in [0.29, 0.717) is 17.8 Å². The van der Waals surface area contributed by atoms with Gasteiger partial charge < -0.3 is 20.5 Å². The average molecular weight is 352 g/mol. The van der Waals surface area contributed by atoms with E-state index >= 15 is 0 Å². The Kier molecular flexibility index (Phi) is 4.28. The number of hydrogen-bond donors (Lipinski definition) is 3. The van der Waals surface area contributed by atoms with E-state index < -0.39 is 0 Å². The van der Waals surface area contributed by atoms with Crippen LogP contribution >= 0.6 is 0 Å². The average Bonchev–Trinajstić information content (AvgIpc) is 3.30. The standard InChI is InChI=1S/C20H24N4O2/c1-12(25)21-15-6-4-3-5-14(15)18-9-10-19(24(18)2)20(26)23-17-11-13-7-8-16(17)22-13/h3-6,9-10,13,16-17,22H,7-8,11H2,1-2H3,(H,21,25)(H,23,26)/t13-,16+,17-/m1/s1. The molecule has 3 N–H and O–H groups in total. The topological polar surface area (TPSA) is 75.2 Å². The highest BCUT2D eigenvalue weighted by atomic mass is 16.2. The van der Waals surface area contributed by atoms with Gasteiger partial charge in [0, 0.05) is 37.7 Å². The summed E-state index contributed by atoms with van der Waals surface area (Å²) in [5.41, 5.74) is 3.15. The summed E-state index contributed by atoms with van der Waals surface area (Å²) in [5.74, 6) is -0.163. The smallest absolute Gasteiger partial charge is 0.268 e. The number of amides is 2. The van der Waals surface area contributed by atoms with E-state index in [4.69, 9.17) is 0 Å². The molecule has 2 aliphatic rings. The number of nitrogens with zero attached hydrogens (tertiary/aromatic N) is 1. The first kappa shape index (κ1) is 16.8. The molecule has 1 aromatic heterocycles. The van der Waals surface area contributed by atoms with Crippen LogP contribution in [0.15, 0.2) is 36.4 Å². The minimum absolute atomic E-state index is 0.0462. The third-order valence-corrected chi connectivity index (χ3v) is 5.48. The molecular weight excluding hydrogens is 328 g/mol. The molecule has 2 amide bonds. The molecule has 3 heterocycles. The molecule has 2 fully saturated rings. The molecule has 136 valence electrons. The van der Waals surface area contributed by atoms with Crippen molar-refractivity contribution in [1.29, 1.82) is 0 Å². The van der Waals surface area contributed by atoms with Gasteiger partial charge in [0.25, 0.3) is 5.91 Å². The van der Waals surface area contributed by atoms with Gasteiger partial charge >= 0.3 is 0 Å². The zero-order chi connectivity index (χ0) is 18.3. The second-order valence-corrected chi connectivity index (χ2v) is 7.25. The van der Waals surface area contributed by atoms with E-state index in [1.54, 1.807) is 0 Å². The van der Waals surface area contributed by atoms with Crippen molar-refractivity contribution in [2.24, 2.45) is 7.05 Å². The van der Waals surface area contributed by atoms with Crippen molar-refractivity contribution >= 4 is 17.5 Å². The normalized spacial score (nSPS) is 23.8. The lowest BCUT2D eigenvalue weighted by Gasteiger charge is -2.21. The predicted octanol–water partition coefficient (Wildman–Crippen LogP) is 2.27. The number of nitrogens with one attached hydrogen (secondary N) is 3. The Morgan fingerprint density at radius 3 is 2.65 bits per heavy atom. The Labute approximate surface area is 153 Å². The summed E-state index contributed by atoms with van der Waals surface area (Å²) in [7, 11) is 1.88. The van der Waals surface area contributed by atoms with Crippen LogP contribution in [0, 0.1) is 0 Å². The lowest BCUT2D eigenvalue weighted by atomic mass is 9.95. The van der Waals surface area contributed by atoms with Gasteiger partial charge in [0.2, 0.25) is 5.91 Å². The van der Waals surface area contributed by atoms with Gasteiger partial charge in [-0.15, -0.1) is 0 Å². The molecule has 2 aromatic rings. The Morgan fingerprint density at radius 1 is 1.15 bits per heavy atom. The molecule has 2 aliphatic heterocycles. The molecule has 6 nitrogen and oxygen atoms in total. The van der Waals surface area contributed by atoms with E-state index in [1.165, 1.54) is 13.3 Å². The zero-order valence-corrected chi connectivity index (χ0v) is 15.1. The number of fused-ring (bicyclic) bond motifs is 2. The third-order valence-electron chi connectivity index (χ3n) is 5.48. The van der Waals surface area contributed by atoms with Crippen LogP contribution in [-0.2, 0) is 11.8 Å². The van der Waals surface area contributed by atoms with Crippen molar-refractivity contribution in [3.05, 3.63) is 42.1 Å². The van der Waals surface area contributed by atoms with E-state index in [2.05, 4.69) is 16.0 Å². The fourth-order valence-corrected chi connectivity index (χ4v) is 4.24. The highest BCUT2D eigenvalue weighted by Crippen LogP contribution is 2.30. The first-order valence-corrected chi connectivity index (χ1v) is 9.12. The quantitative estimate of drug-likeness (QED) is 0.790. The zero-order valence-electron chi connectivity index (χ0n) is 15.1. The Hall–Kier alpha value is -2.60. The van der Waals surface area contributed by atoms with Crippen molar-refractivity contribution in [3.8, 4) is 11.3 Å². The van der Waals surface area contributed by atoms with E-state index in [9.17, 15) is 9.59 Å². The molecule has 3 atom stereocenters. The number of rotatable bonds is 4. The van der Waals surface area contributed by atoms with Crippen molar-refractivity contribution in [3.63, 3.8) is 0 Å². The van der Waals surface area contributed by atoms with Crippen LogP contribution in [-0.4, -0.2) is 34.5 Å².